The SMILES string of the molecule is O=C(Nc1ccc(F)cc1)C(=O)N1CCN(c2cccc(Cl)c2)CC1. The maximum Gasteiger partial charge on any atom is 0.313 e. The zero-order valence-electron chi connectivity index (χ0n) is 13.4. The van der Waals surface area contributed by atoms with Crippen molar-refractivity contribution in [3.63, 3.8) is 0 Å². The molecule has 25 heavy (non-hydrogen) atoms. The lowest BCUT2D eigenvalue weighted by Crippen LogP contribution is -2.51. The number of benzene rings is 2. The summed E-state index contributed by atoms with van der Waals surface area (Å²) in [7, 11) is 0. The molecule has 0 bridgehead atoms. The number of carbonyl (C=O) groups is 2. The summed E-state index contributed by atoms with van der Waals surface area (Å²) in [6.45, 7) is 2.14. The number of hydrogen-bond acceptors (Lipinski definition) is 3. The van der Waals surface area contributed by atoms with E-state index in [1.54, 1.807) is 0 Å². The van der Waals surface area contributed by atoms with Crippen LogP contribution >= 0.6 is 11.6 Å². The maximum absolute atomic E-state index is 12.9. The Morgan fingerprint density at radius 1 is 1.00 bits per heavy atom. The highest BCUT2D eigenvalue weighted by Gasteiger charge is 2.26. The molecule has 0 spiro atoms. The number of halogens is 2. The van der Waals surface area contributed by atoms with Crippen molar-refractivity contribution in [3.8, 4) is 0 Å². The molecule has 0 aromatic heterocycles. The third-order valence-corrected chi connectivity index (χ3v) is 4.27. The number of carbonyl (C=O) groups excluding carboxylic acids is 2. The summed E-state index contributed by atoms with van der Waals surface area (Å²) in [5.74, 6) is -1.71. The van der Waals surface area contributed by atoms with Gasteiger partial charge >= 0.3 is 11.8 Å². The van der Waals surface area contributed by atoms with Gasteiger partial charge in [-0.05, 0) is 42.5 Å². The van der Waals surface area contributed by atoms with E-state index in [4.69, 9.17) is 11.6 Å². The number of anilines is 2. The summed E-state index contributed by atoms with van der Waals surface area (Å²) in [4.78, 5) is 28.0. The van der Waals surface area contributed by atoms with Crippen LogP contribution in [0.3, 0.4) is 0 Å². The topological polar surface area (TPSA) is 52.7 Å². The van der Waals surface area contributed by atoms with E-state index < -0.39 is 17.6 Å². The summed E-state index contributed by atoms with van der Waals surface area (Å²) in [5.41, 5.74) is 1.38. The van der Waals surface area contributed by atoms with Crippen LogP contribution in [0.1, 0.15) is 0 Å². The van der Waals surface area contributed by atoms with E-state index in [2.05, 4.69) is 10.2 Å². The lowest BCUT2D eigenvalue weighted by Gasteiger charge is -2.35. The van der Waals surface area contributed by atoms with Crippen LogP contribution in [0.4, 0.5) is 15.8 Å². The second-order valence-electron chi connectivity index (χ2n) is 5.72. The van der Waals surface area contributed by atoms with Crippen LogP contribution in [0, 0.1) is 5.82 Å². The van der Waals surface area contributed by atoms with E-state index in [0.717, 1.165) is 5.69 Å². The molecule has 1 heterocycles. The van der Waals surface area contributed by atoms with Crippen LogP contribution in [0.2, 0.25) is 5.02 Å². The first-order valence-electron chi connectivity index (χ1n) is 7.89. The van der Waals surface area contributed by atoms with Gasteiger partial charge in [-0.3, -0.25) is 9.59 Å². The Kier molecular flexibility index (Phi) is 5.19. The van der Waals surface area contributed by atoms with Crippen molar-refractivity contribution >= 4 is 34.8 Å². The average Bonchev–Trinajstić information content (AvgIpc) is 2.63. The number of piperazine rings is 1. The highest BCUT2D eigenvalue weighted by atomic mass is 35.5. The number of amides is 2. The molecule has 0 radical (unpaired) electrons. The van der Waals surface area contributed by atoms with E-state index in [-0.39, 0.29) is 0 Å². The Morgan fingerprint density at radius 3 is 2.32 bits per heavy atom. The van der Waals surface area contributed by atoms with Crippen molar-refractivity contribution < 1.29 is 14.0 Å². The molecule has 5 nitrogen and oxygen atoms in total. The lowest BCUT2D eigenvalue weighted by molar-refractivity contribution is -0.143. The quantitative estimate of drug-likeness (QED) is 0.837. The van der Waals surface area contributed by atoms with Gasteiger partial charge in [0.05, 0.1) is 0 Å². The molecule has 1 N–H and O–H groups in total. The first-order chi connectivity index (χ1) is 12.0. The lowest BCUT2D eigenvalue weighted by atomic mass is 10.2. The highest BCUT2D eigenvalue weighted by molar-refractivity contribution is 6.39. The van der Waals surface area contributed by atoms with Crippen LogP contribution < -0.4 is 10.2 Å². The molecule has 2 aromatic rings. The Balaban J connectivity index is 1.55. The van der Waals surface area contributed by atoms with Crippen molar-refractivity contribution in [2.45, 2.75) is 0 Å². The first-order valence-corrected chi connectivity index (χ1v) is 8.27. The van der Waals surface area contributed by atoms with Crippen molar-refractivity contribution in [1.82, 2.24) is 4.90 Å². The van der Waals surface area contributed by atoms with Gasteiger partial charge < -0.3 is 15.1 Å². The highest BCUT2D eigenvalue weighted by Crippen LogP contribution is 2.21. The molecule has 0 atom stereocenters. The van der Waals surface area contributed by atoms with E-state index >= 15 is 0 Å². The molecule has 130 valence electrons. The molecule has 2 aromatic carbocycles. The maximum atomic E-state index is 12.9. The molecule has 1 aliphatic heterocycles. The molecular formula is C18H17ClFN3O2. The fourth-order valence-corrected chi connectivity index (χ4v) is 2.89. The minimum atomic E-state index is -0.720. The van der Waals surface area contributed by atoms with Gasteiger partial charge in [-0.1, -0.05) is 17.7 Å². The summed E-state index contributed by atoms with van der Waals surface area (Å²) < 4.78 is 12.9. The van der Waals surface area contributed by atoms with Gasteiger partial charge in [0.2, 0.25) is 0 Å². The first kappa shape index (κ1) is 17.2. The second-order valence-corrected chi connectivity index (χ2v) is 6.16. The van der Waals surface area contributed by atoms with Crippen LogP contribution in [-0.2, 0) is 9.59 Å². The molecule has 1 saturated heterocycles. The molecule has 2 amide bonds. The molecular weight excluding hydrogens is 345 g/mol. The van der Waals surface area contributed by atoms with Crippen LogP contribution in [0.15, 0.2) is 48.5 Å². The predicted octanol–water partition coefficient (Wildman–Crippen LogP) is 2.77. The van der Waals surface area contributed by atoms with Gasteiger partial charge in [-0.2, -0.15) is 0 Å². The van der Waals surface area contributed by atoms with Crippen LogP contribution in [0.25, 0.3) is 0 Å². The molecule has 1 aliphatic rings. The number of nitrogens with zero attached hydrogens (tertiary/aromatic N) is 2. The standard InChI is InChI=1S/C18H17ClFN3O2/c19-13-2-1-3-16(12-13)22-8-10-23(11-9-22)18(25)17(24)21-15-6-4-14(20)5-7-15/h1-7,12H,8-11H2,(H,21,24). The largest absolute Gasteiger partial charge is 0.368 e. The Labute approximate surface area is 150 Å². The summed E-state index contributed by atoms with van der Waals surface area (Å²) in [6.07, 6.45) is 0. The minimum Gasteiger partial charge on any atom is -0.368 e. The normalized spacial score (nSPS) is 14.3. The fourth-order valence-electron chi connectivity index (χ4n) is 2.70. The van der Waals surface area contributed by atoms with Gasteiger partial charge in [0.1, 0.15) is 5.82 Å². The van der Waals surface area contributed by atoms with E-state index in [1.165, 1.54) is 29.2 Å². The van der Waals surface area contributed by atoms with Crippen molar-refractivity contribution in [1.29, 1.82) is 0 Å². The van der Waals surface area contributed by atoms with Crippen LogP contribution in [0.5, 0.6) is 0 Å². The average molecular weight is 362 g/mol. The van der Waals surface area contributed by atoms with Gasteiger partial charge in [-0.25, -0.2) is 4.39 Å². The molecule has 0 saturated carbocycles. The number of hydrogen-bond donors (Lipinski definition) is 1. The summed E-state index contributed by atoms with van der Waals surface area (Å²) >= 11 is 6.00. The van der Waals surface area contributed by atoms with Crippen molar-refractivity contribution in [2.75, 3.05) is 36.4 Å². The Morgan fingerprint density at radius 2 is 1.68 bits per heavy atom. The molecule has 0 unspecified atom stereocenters. The van der Waals surface area contributed by atoms with E-state index in [9.17, 15) is 14.0 Å². The van der Waals surface area contributed by atoms with E-state index in [1.807, 2.05) is 24.3 Å². The fraction of sp³-hybridized carbons (Fsp3) is 0.222. The zero-order chi connectivity index (χ0) is 17.8. The van der Waals surface area contributed by atoms with Crippen molar-refractivity contribution in [2.24, 2.45) is 0 Å². The third-order valence-electron chi connectivity index (χ3n) is 4.04. The summed E-state index contributed by atoms with van der Waals surface area (Å²) in [6, 6.07) is 12.8. The Bertz CT molecular complexity index is 774. The third kappa shape index (κ3) is 4.28. The Hall–Kier alpha value is -2.60. The molecule has 0 aliphatic carbocycles. The minimum absolute atomic E-state index is 0.386. The van der Waals surface area contributed by atoms with Gasteiger partial charge in [-0.15, -0.1) is 0 Å². The molecule has 1 fully saturated rings. The molecule has 3 rings (SSSR count). The van der Waals surface area contributed by atoms with Gasteiger partial charge in [0.15, 0.2) is 0 Å². The number of nitrogens with one attached hydrogen (secondary N) is 1. The monoisotopic (exact) mass is 361 g/mol. The van der Waals surface area contributed by atoms with E-state index in [0.29, 0.717) is 36.9 Å². The number of rotatable bonds is 2. The van der Waals surface area contributed by atoms with Gasteiger partial charge in [0, 0.05) is 42.6 Å². The van der Waals surface area contributed by atoms with Crippen LogP contribution in [-0.4, -0.2) is 42.9 Å². The zero-order valence-corrected chi connectivity index (χ0v) is 14.2. The molecule has 7 heteroatoms. The smallest absolute Gasteiger partial charge is 0.313 e. The second kappa shape index (κ2) is 7.53. The predicted molar refractivity (Wildman–Crippen MR) is 95.3 cm³/mol. The van der Waals surface area contributed by atoms with Gasteiger partial charge in [0.25, 0.3) is 0 Å². The van der Waals surface area contributed by atoms with Crippen molar-refractivity contribution in [3.05, 3.63) is 59.4 Å². The summed E-state index contributed by atoms with van der Waals surface area (Å²) in [5, 5.41) is 3.15.